The SMILES string of the molecule is C/C=S(\CCC)NCCCc1ccc2c(c1)C(Cc1cccc(F)c1)C(N)CC2. The third-order valence-electron chi connectivity index (χ3n) is 5.86. The van der Waals surface area contributed by atoms with Crippen LogP contribution in [0, 0.1) is 5.82 Å². The number of nitrogens with one attached hydrogen (secondary N) is 1. The second kappa shape index (κ2) is 11.1. The minimum absolute atomic E-state index is 0.138. The second-order valence-electron chi connectivity index (χ2n) is 8.04. The Bertz CT molecular complexity index is 833. The number of hydrogen-bond acceptors (Lipinski definition) is 2. The standard InChI is InChI=1S/C25H35FN2S/c1-3-15-29(4-2)28-14-6-8-19-10-11-21-12-13-25(27)24(23(21)17-19)18-20-7-5-9-22(26)16-20/h4-5,7,9-11,16-17,24-25,28H,3,6,8,12-15,18,27H2,1-2H3. The Morgan fingerprint density at radius 3 is 2.83 bits per heavy atom. The van der Waals surface area contributed by atoms with E-state index in [4.69, 9.17) is 5.73 Å². The van der Waals surface area contributed by atoms with Crippen LogP contribution < -0.4 is 10.5 Å². The highest BCUT2D eigenvalue weighted by Crippen LogP contribution is 2.34. The van der Waals surface area contributed by atoms with E-state index < -0.39 is 0 Å². The van der Waals surface area contributed by atoms with Gasteiger partial charge in [-0.05, 0) is 79.8 Å². The summed E-state index contributed by atoms with van der Waals surface area (Å²) in [5.74, 6) is 1.33. The smallest absolute Gasteiger partial charge is 0.123 e. The minimum Gasteiger partial charge on any atom is -0.327 e. The third kappa shape index (κ3) is 6.24. The summed E-state index contributed by atoms with van der Waals surface area (Å²) in [6, 6.07) is 14.0. The molecule has 3 N–H and O–H groups in total. The lowest BCUT2D eigenvalue weighted by Crippen LogP contribution is -2.34. The first-order chi connectivity index (χ1) is 14.1. The van der Waals surface area contributed by atoms with Gasteiger partial charge in [-0.25, -0.2) is 4.39 Å². The number of aryl methyl sites for hydroxylation is 2. The van der Waals surface area contributed by atoms with Crippen LogP contribution in [0.5, 0.6) is 0 Å². The maximum Gasteiger partial charge on any atom is 0.123 e. The maximum atomic E-state index is 13.6. The molecule has 2 aromatic carbocycles. The summed E-state index contributed by atoms with van der Waals surface area (Å²) in [7, 11) is 0.251. The van der Waals surface area contributed by atoms with Crippen molar-refractivity contribution in [1.29, 1.82) is 0 Å². The fourth-order valence-corrected chi connectivity index (χ4v) is 5.69. The summed E-state index contributed by atoms with van der Waals surface area (Å²) in [6.07, 6.45) is 6.30. The summed E-state index contributed by atoms with van der Waals surface area (Å²) in [6.45, 7) is 5.44. The van der Waals surface area contributed by atoms with E-state index in [-0.39, 0.29) is 28.4 Å². The van der Waals surface area contributed by atoms with Gasteiger partial charge in [0, 0.05) is 24.3 Å². The van der Waals surface area contributed by atoms with E-state index in [2.05, 4.69) is 42.1 Å². The highest BCUT2D eigenvalue weighted by molar-refractivity contribution is 8.13. The predicted octanol–water partition coefficient (Wildman–Crippen LogP) is 5.36. The Morgan fingerprint density at radius 2 is 2.07 bits per heavy atom. The van der Waals surface area contributed by atoms with E-state index in [0.717, 1.165) is 44.2 Å². The first kappa shape index (κ1) is 22.2. The van der Waals surface area contributed by atoms with Crippen LogP contribution >= 0.6 is 10.7 Å². The molecule has 0 aromatic heterocycles. The van der Waals surface area contributed by atoms with Crippen LogP contribution in [-0.4, -0.2) is 23.7 Å². The maximum absolute atomic E-state index is 13.6. The zero-order valence-corrected chi connectivity index (χ0v) is 18.6. The Balaban J connectivity index is 1.66. The lowest BCUT2D eigenvalue weighted by Gasteiger charge is -2.32. The highest BCUT2D eigenvalue weighted by Gasteiger charge is 2.27. The van der Waals surface area contributed by atoms with Crippen molar-refractivity contribution in [1.82, 2.24) is 4.72 Å². The van der Waals surface area contributed by atoms with E-state index >= 15 is 0 Å². The largest absolute Gasteiger partial charge is 0.327 e. The molecule has 0 saturated carbocycles. The lowest BCUT2D eigenvalue weighted by atomic mass is 9.76. The van der Waals surface area contributed by atoms with Crippen molar-refractivity contribution in [2.75, 3.05) is 12.3 Å². The molecule has 0 heterocycles. The molecule has 0 radical (unpaired) electrons. The quantitative estimate of drug-likeness (QED) is 0.428. The van der Waals surface area contributed by atoms with Crippen LogP contribution in [0.2, 0.25) is 0 Å². The van der Waals surface area contributed by atoms with Gasteiger partial charge in [0.15, 0.2) is 0 Å². The van der Waals surface area contributed by atoms with E-state index in [1.165, 1.54) is 34.9 Å². The summed E-state index contributed by atoms with van der Waals surface area (Å²) in [5, 5.41) is 2.29. The monoisotopic (exact) mass is 414 g/mol. The van der Waals surface area contributed by atoms with Crippen molar-refractivity contribution in [2.45, 2.75) is 64.3 Å². The highest BCUT2D eigenvalue weighted by atomic mass is 32.2. The normalized spacial score (nSPS) is 19.9. The molecule has 0 amide bonds. The number of nitrogens with two attached hydrogens (primary N) is 1. The van der Waals surface area contributed by atoms with Crippen LogP contribution in [0.4, 0.5) is 4.39 Å². The number of fused-ring (bicyclic) bond motifs is 1. The van der Waals surface area contributed by atoms with Gasteiger partial charge < -0.3 is 5.73 Å². The summed E-state index contributed by atoms with van der Waals surface area (Å²) >= 11 is 0. The average Bonchev–Trinajstić information content (AvgIpc) is 2.72. The molecular weight excluding hydrogens is 379 g/mol. The van der Waals surface area contributed by atoms with Gasteiger partial charge in [-0.3, -0.25) is 4.72 Å². The van der Waals surface area contributed by atoms with Crippen LogP contribution in [0.25, 0.3) is 0 Å². The van der Waals surface area contributed by atoms with E-state index in [1.54, 1.807) is 12.1 Å². The Kier molecular flexibility index (Phi) is 8.46. The molecule has 4 heteroatoms. The van der Waals surface area contributed by atoms with Crippen molar-refractivity contribution in [3.8, 4) is 0 Å². The van der Waals surface area contributed by atoms with Gasteiger partial charge in [-0.1, -0.05) is 42.6 Å². The molecule has 0 aliphatic heterocycles. The van der Waals surface area contributed by atoms with Crippen molar-refractivity contribution < 1.29 is 4.39 Å². The van der Waals surface area contributed by atoms with Crippen molar-refractivity contribution in [3.05, 3.63) is 70.5 Å². The van der Waals surface area contributed by atoms with Gasteiger partial charge in [0.25, 0.3) is 0 Å². The number of rotatable bonds is 9. The van der Waals surface area contributed by atoms with E-state index in [9.17, 15) is 4.39 Å². The molecule has 2 nitrogen and oxygen atoms in total. The number of halogens is 1. The molecule has 158 valence electrons. The molecule has 1 aliphatic carbocycles. The average molecular weight is 415 g/mol. The fourth-order valence-electron chi connectivity index (χ4n) is 4.29. The zero-order chi connectivity index (χ0) is 20.6. The predicted molar refractivity (Wildman–Crippen MR) is 126 cm³/mol. The Hall–Kier alpha value is -1.49. The first-order valence-corrected chi connectivity index (χ1v) is 12.4. The van der Waals surface area contributed by atoms with Crippen molar-refractivity contribution in [2.24, 2.45) is 5.73 Å². The van der Waals surface area contributed by atoms with Gasteiger partial charge in [0.1, 0.15) is 5.82 Å². The van der Waals surface area contributed by atoms with E-state index in [1.807, 2.05) is 6.07 Å². The minimum atomic E-state index is -0.167. The molecule has 3 rings (SSSR count). The third-order valence-corrected chi connectivity index (χ3v) is 7.85. The van der Waals surface area contributed by atoms with Gasteiger partial charge in [0.2, 0.25) is 0 Å². The Labute approximate surface area is 178 Å². The summed E-state index contributed by atoms with van der Waals surface area (Å²) in [4.78, 5) is 0. The van der Waals surface area contributed by atoms with Gasteiger partial charge in [-0.15, -0.1) is 10.7 Å². The zero-order valence-electron chi connectivity index (χ0n) is 17.8. The molecule has 2 aromatic rings. The van der Waals surface area contributed by atoms with Crippen molar-refractivity contribution >= 4 is 16.0 Å². The Morgan fingerprint density at radius 1 is 1.21 bits per heavy atom. The van der Waals surface area contributed by atoms with Gasteiger partial charge in [-0.2, -0.15) is 0 Å². The second-order valence-corrected chi connectivity index (χ2v) is 10.1. The fraction of sp³-hybridized carbons (Fsp3) is 0.480. The summed E-state index contributed by atoms with van der Waals surface area (Å²) < 4.78 is 17.3. The van der Waals surface area contributed by atoms with E-state index in [0.29, 0.717) is 0 Å². The van der Waals surface area contributed by atoms with Crippen LogP contribution in [0.3, 0.4) is 0 Å². The topological polar surface area (TPSA) is 38.0 Å². The molecule has 0 fully saturated rings. The van der Waals surface area contributed by atoms with Crippen LogP contribution in [0.1, 0.15) is 61.3 Å². The van der Waals surface area contributed by atoms with Crippen LogP contribution in [0.15, 0.2) is 42.5 Å². The molecule has 29 heavy (non-hydrogen) atoms. The molecule has 0 bridgehead atoms. The molecule has 3 atom stereocenters. The molecule has 0 saturated heterocycles. The number of hydrogen-bond donors (Lipinski definition) is 2. The van der Waals surface area contributed by atoms with Crippen LogP contribution in [-0.2, 0) is 19.3 Å². The summed E-state index contributed by atoms with van der Waals surface area (Å²) in [5.41, 5.74) is 11.7. The molecule has 0 spiro atoms. The number of benzene rings is 2. The molecule has 1 aliphatic rings. The lowest BCUT2D eigenvalue weighted by molar-refractivity contribution is 0.466. The first-order valence-electron chi connectivity index (χ1n) is 10.9. The van der Waals surface area contributed by atoms with Gasteiger partial charge >= 0.3 is 0 Å². The molecular formula is C25H35FN2S. The van der Waals surface area contributed by atoms with Gasteiger partial charge in [0.05, 0.1) is 0 Å². The molecule has 3 unspecified atom stereocenters. The van der Waals surface area contributed by atoms with Crippen molar-refractivity contribution in [3.63, 3.8) is 0 Å².